The van der Waals surface area contributed by atoms with Crippen molar-refractivity contribution in [1.29, 1.82) is 0 Å². The fourth-order valence-corrected chi connectivity index (χ4v) is 7.76. The number of thioether (sulfide) groups is 2. The molecule has 0 radical (unpaired) electrons. The lowest BCUT2D eigenvalue weighted by molar-refractivity contribution is -0.182. The van der Waals surface area contributed by atoms with E-state index in [2.05, 4.69) is 0 Å². The van der Waals surface area contributed by atoms with E-state index < -0.39 is 35.6 Å². The Hall–Kier alpha value is -5.28. The largest absolute Gasteiger partial charge is 0.490 e. The summed E-state index contributed by atoms with van der Waals surface area (Å²) in [6.07, 6.45) is 4.33. The summed E-state index contributed by atoms with van der Waals surface area (Å²) in [4.78, 5) is 62.9. The van der Waals surface area contributed by atoms with Gasteiger partial charge in [-0.2, -0.15) is 0 Å². The van der Waals surface area contributed by atoms with Gasteiger partial charge in [0, 0.05) is 0 Å². The number of amides is 2. The average Bonchev–Trinajstić information content (AvgIpc) is 3.61. The van der Waals surface area contributed by atoms with E-state index in [0.717, 1.165) is 55.9 Å². The smallest absolute Gasteiger partial charge is 0.336 e. The monoisotopic (exact) mass is 824 g/mol. The summed E-state index contributed by atoms with van der Waals surface area (Å²) in [5.74, 6) is -1.75. The molecule has 0 aliphatic carbocycles. The maximum atomic E-state index is 13.0. The molecule has 10 nitrogen and oxygen atoms in total. The number of hydrogen-bond donors (Lipinski definition) is 0. The maximum Gasteiger partial charge on any atom is 0.336 e. The van der Waals surface area contributed by atoms with Gasteiger partial charge in [0.2, 0.25) is 0 Å². The number of carbonyl (C=O) groups excluding carboxylic acids is 4. The van der Waals surface area contributed by atoms with Gasteiger partial charge in [0.05, 0.1) is 21.6 Å². The number of hydrogen-bond acceptors (Lipinski definition) is 12. The van der Waals surface area contributed by atoms with E-state index in [0.29, 0.717) is 34.2 Å². The quantitative estimate of drug-likeness (QED) is 0.0655. The van der Waals surface area contributed by atoms with Crippen molar-refractivity contribution >= 4 is 92.5 Å². The summed E-state index contributed by atoms with van der Waals surface area (Å²) in [5, 5.41) is 1.76. The molecule has 0 unspecified atom stereocenters. The zero-order chi connectivity index (χ0) is 39.6. The Morgan fingerprint density at radius 3 is 1.30 bits per heavy atom. The SMILES string of the molecule is C[C@@H](Cc1ccccc1)C(=O)ON1C(=O)/C(=C/c2ccc(OCCOc3ccc(/C=C4\SC(=S)N(OC(=O)[C@@H](C)Cc5ccccc5)C4=O)cc3)cc2)SC1=S. The molecule has 2 aliphatic rings. The van der Waals surface area contributed by atoms with Crippen molar-refractivity contribution in [3.63, 3.8) is 0 Å². The van der Waals surface area contributed by atoms with Gasteiger partial charge in [0.1, 0.15) is 24.7 Å². The normalized spacial score (nSPS) is 16.7. The van der Waals surface area contributed by atoms with Crippen LogP contribution in [0.25, 0.3) is 12.2 Å². The van der Waals surface area contributed by atoms with E-state index >= 15 is 0 Å². The van der Waals surface area contributed by atoms with Crippen molar-refractivity contribution in [3.8, 4) is 11.5 Å². The minimum atomic E-state index is -0.535. The lowest BCUT2D eigenvalue weighted by Gasteiger charge is -2.16. The molecule has 2 atom stereocenters. The highest BCUT2D eigenvalue weighted by atomic mass is 32.2. The summed E-state index contributed by atoms with van der Waals surface area (Å²) in [7, 11) is 0. The van der Waals surface area contributed by atoms with E-state index in [4.69, 9.17) is 43.6 Å². The fraction of sp³-hybridized carbons (Fsp3) is 0.190. The second-order valence-corrected chi connectivity index (χ2v) is 16.1. The number of thiocarbonyl (C=S) groups is 2. The van der Waals surface area contributed by atoms with Crippen molar-refractivity contribution in [1.82, 2.24) is 10.1 Å². The molecule has 2 fully saturated rings. The first-order chi connectivity index (χ1) is 27.0. The topological polar surface area (TPSA) is 112 Å². The summed E-state index contributed by atoms with van der Waals surface area (Å²) < 4.78 is 12.0. The first kappa shape index (κ1) is 40.4. The Kier molecular flexibility index (Phi) is 13.7. The summed E-state index contributed by atoms with van der Waals surface area (Å²) in [5.41, 5.74) is 3.48. The highest BCUT2D eigenvalue weighted by molar-refractivity contribution is 8.27. The number of rotatable bonds is 15. The van der Waals surface area contributed by atoms with Crippen LogP contribution in [0.3, 0.4) is 0 Å². The lowest BCUT2D eigenvalue weighted by Crippen LogP contribution is -2.33. The van der Waals surface area contributed by atoms with Gasteiger partial charge in [-0.3, -0.25) is 9.59 Å². The van der Waals surface area contributed by atoms with Crippen molar-refractivity contribution in [3.05, 3.63) is 141 Å². The zero-order valence-electron chi connectivity index (χ0n) is 30.3. The van der Waals surface area contributed by atoms with Gasteiger partial charge in [-0.25, -0.2) is 9.59 Å². The van der Waals surface area contributed by atoms with Crippen LogP contribution in [0.2, 0.25) is 0 Å². The van der Waals surface area contributed by atoms with Crippen LogP contribution in [0.1, 0.15) is 36.1 Å². The number of ether oxygens (including phenoxy) is 2. The number of nitrogens with zero attached hydrogens (tertiary/aromatic N) is 2. The minimum absolute atomic E-state index is 0.150. The van der Waals surface area contributed by atoms with Crippen LogP contribution in [0.5, 0.6) is 11.5 Å². The van der Waals surface area contributed by atoms with E-state index in [-0.39, 0.29) is 21.9 Å². The minimum Gasteiger partial charge on any atom is -0.490 e. The fourth-order valence-electron chi connectivity index (χ4n) is 5.47. The standard InChI is InChI=1S/C42H36N2O8S4/c1-27(23-29-9-5-3-6-10-29)39(47)51-43-37(45)35(55-41(43)53)25-31-13-17-33(18-14-31)49-21-22-50-34-19-15-32(16-20-34)26-36-38(46)44(42(54)56-36)52-40(48)28(2)24-30-11-7-4-8-12-30/h3-20,25-28H,21-24H2,1-2H3/b35-25-,36-26-/t27-,28-/m0/s1. The number of benzene rings is 4. The van der Waals surface area contributed by atoms with Crippen molar-refractivity contribution in [2.75, 3.05) is 13.2 Å². The Morgan fingerprint density at radius 1 is 0.589 bits per heavy atom. The molecule has 4 aromatic carbocycles. The van der Waals surface area contributed by atoms with Crippen molar-refractivity contribution in [2.45, 2.75) is 26.7 Å². The second-order valence-electron chi connectivity index (χ2n) is 12.8. The number of carbonyl (C=O) groups is 4. The molecule has 14 heteroatoms. The second kappa shape index (κ2) is 19.0. The summed E-state index contributed by atoms with van der Waals surface area (Å²) >= 11 is 12.8. The van der Waals surface area contributed by atoms with E-state index in [9.17, 15) is 19.2 Å². The Bertz CT molecular complexity index is 2010. The first-order valence-electron chi connectivity index (χ1n) is 17.6. The zero-order valence-corrected chi connectivity index (χ0v) is 33.6. The Morgan fingerprint density at radius 2 is 0.946 bits per heavy atom. The lowest BCUT2D eigenvalue weighted by atomic mass is 10.0. The van der Waals surface area contributed by atoms with E-state index in [1.165, 1.54) is 0 Å². The summed E-state index contributed by atoms with van der Waals surface area (Å²) in [6.45, 7) is 4.05. The van der Waals surface area contributed by atoms with Crippen LogP contribution in [-0.2, 0) is 41.7 Å². The molecular weight excluding hydrogens is 789 g/mol. The number of hydroxylamine groups is 4. The molecule has 286 valence electrons. The molecule has 2 amide bonds. The van der Waals surface area contributed by atoms with Gasteiger partial charge in [0.15, 0.2) is 8.64 Å². The van der Waals surface area contributed by atoms with Gasteiger partial charge < -0.3 is 19.1 Å². The van der Waals surface area contributed by atoms with Crippen LogP contribution in [0, 0.1) is 11.8 Å². The molecule has 0 aromatic heterocycles. The van der Waals surface area contributed by atoms with Gasteiger partial charge >= 0.3 is 11.9 Å². The molecule has 4 aromatic rings. The van der Waals surface area contributed by atoms with Gasteiger partial charge in [-0.05, 0) is 95.9 Å². The predicted octanol–water partition coefficient (Wildman–Crippen LogP) is 8.22. The molecule has 0 N–H and O–H groups in total. The third-order valence-corrected chi connectivity index (χ3v) is 11.0. The van der Waals surface area contributed by atoms with Crippen molar-refractivity contribution < 1.29 is 38.3 Å². The summed E-state index contributed by atoms with van der Waals surface area (Å²) in [6, 6.07) is 33.5. The molecule has 0 spiro atoms. The molecule has 2 heterocycles. The van der Waals surface area contributed by atoms with Crippen LogP contribution < -0.4 is 9.47 Å². The van der Waals surface area contributed by atoms with E-state index in [1.807, 2.05) is 60.7 Å². The van der Waals surface area contributed by atoms with E-state index in [1.54, 1.807) is 74.5 Å². The molecular formula is C42H36N2O8S4. The molecule has 2 saturated heterocycles. The molecule has 2 aliphatic heterocycles. The van der Waals surface area contributed by atoms with Crippen molar-refractivity contribution in [2.24, 2.45) is 11.8 Å². The van der Waals surface area contributed by atoms with Gasteiger partial charge in [-0.15, -0.1) is 10.1 Å². The predicted molar refractivity (Wildman–Crippen MR) is 225 cm³/mol. The third-order valence-electron chi connectivity index (χ3n) is 8.43. The molecule has 0 bridgehead atoms. The molecule has 6 rings (SSSR count). The van der Waals surface area contributed by atoms with Crippen LogP contribution in [-0.4, -0.2) is 55.7 Å². The average molecular weight is 825 g/mol. The third kappa shape index (κ3) is 10.7. The highest BCUT2D eigenvalue weighted by Crippen LogP contribution is 2.35. The first-order valence-corrected chi connectivity index (χ1v) is 20.0. The Labute approximate surface area is 343 Å². The molecule has 0 saturated carbocycles. The van der Waals surface area contributed by atoms with Gasteiger partial charge in [0.25, 0.3) is 11.8 Å². The maximum absolute atomic E-state index is 13.0. The van der Waals surface area contributed by atoms with Gasteiger partial charge in [-0.1, -0.05) is 122 Å². The molecule has 56 heavy (non-hydrogen) atoms. The van der Waals surface area contributed by atoms with Crippen LogP contribution >= 0.6 is 48.0 Å². The Balaban J connectivity index is 0.927. The van der Waals surface area contributed by atoms with Crippen LogP contribution in [0.15, 0.2) is 119 Å². The highest BCUT2D eigenvalue weighted by Gasteiger charge is 2.37. The van der Waals surface area contributed by atoms with Crippen LogP contribution in [0.4, 0.5) is 0 Å².